The Hall–Kier alpha value is -2.77. The smallest absolute Gasteiger partial charge is 0.293 e. The number of primary amides is 1. The summed E-state index contributed by atoms with van der Waals surface area (Å²) in [6, 6.07) is 13.9. The van der Waals surface area contributed by atoms with Crippen LogP contribution in [-0.2, 0) is 16.1 Å². The number of amides is 3. The molecule has 0 unspecified atom stereocenters. The van der Waals surface area contributed by atoms with E-state index < -0.39 is 11.8 Å². The summed E-state index contributed by atoms with van der Waals surface area (Å²) in [5.74, 6) is -0.617. The topological polar surface area (TPSA) is 89.7 Å². The number of nitrogens with two attached hydrogens (primary N) is 1. The molecule has 0 radical (unpaired) electrons. The fraction of sp³-hybridized carbons (Fsp3) is 0.105. The number of halogens is 1. The minimum atomic E-state index is -0.607. The second-order valence-corrected chi connectivity index (χ2v) is 7.05. The van der Waals surface area contributed by atoms with Crippen molar-refractivity contribution in [1.82, 2.24) is 4.90 Å². The third-order valence-electron chi connectivity index (χ3n) is 3.74. The van der Waals surface area contributed by atoms with Gasteiger partial charge in [0.2, 0.25) is 0 Å². The summed E-state index contributed by atoms with van der Waals surface area (Å²) < 4.78 is 5.35. The molecule has 2 aromatic carbocycles. The monoisotopic (exact) mass is 402 g/mol. The number of carbonyl (C=O) groups is 3. The highest BCUT2D eigenvalue weighted by Gasteiger charge is 2.35. The summed E-state index contributed by atoms with van der Waals surface area (Å²) in [6.07, 6.45) is 1.56. The lowest BCUT2D eigenvalue weighted by atomic mass is 10.1. The van der Waals surface area contributed by atoms with E-state index in [9.17, 15) is 14.4 Å². The molecule has 0 aromatic heterocycles. The van der Waals surface area contributed by atoms with Gasteiger partial charge in [0, 0.05) is 10.6 Å². The highest BCUT2D eigenvalue weighted by atomic mass is 35.5. The Balaban J connectivity index is 1.83. The lowest BCUT2D eigenvalue weighted by molar-refractivity contribution is -0.123. The van der Waals surface area contributed by atoms with Crippen LogP contribution < -0.4 is 10.5 Å². The maximum Gasteiger partial charge on any atom is 0.293 e. The lowest BCUT2D eigenvalue weighted by Crippen LogP contribution is -2.27. The number of ether oxygens (including phenoxy) is 1. The van der Waals surface area contributed by atoms with E-state index in [0.29, 0.717) is 21.9 Å². The molecule has 1 aliphatic rings. The Morgan fingerprint density at radius 2 is 1.85 bits per heavy atom. The van der Waals surface area contributed by atoms with Crippen LogP contribution in [0.2, 0.25) is 5.02 Å². The highest BCUT2D eigenvalue weighted by Crippen LogP contribution is 2.35. The predicted molar refractivity (Wildman–Crippen MR) is 104 cm³/mol. The number of rotatable bonds is 6. The summed E-state index contributed by atoms with van der Waals surface area (Å²) in [6.45, 7) is -0.180. The normalized spacial score (nSPS) is 15.4. The number of nitrogens with zero attached hydrogens (tertiary/aromatic N) is 1. The number of benzene rings is 2. The van der Waals surface area contributed by atoms with Crippen molar-refractivity contribution < 1.29 is 19.1 Å². The fourth-order valence-corrected chi connectivity index (χ4v) is 3.48. The van der Waals surface area contributed by atoms with Crippen molar-refractivity contribution in [2.75, 3.05) is 6.61 Å². The molecule has 1 fully saturated rings. The molecule has 0 spiro atoms. The molecular weight excluding hydrogens is 388 g/mol. The first-order valence-electron chi connectivity index (χ1n) is 7.94. The van der Waals surface area contributed by atoms with Crippen molar-refractivity contribution in [2.24, 2.45) is 5.73 Å². The molecule has 1 aliphatic heterocycles. The van der Waals surface area contributed by atoms with Crippen LogP contribution in [0.15, 0.2) is 53.4 Å². The first kappa shape index (κ1) is 19.0. The molecule has 1 heterocycles. The molecule has 0 aliphatic carbocycles. The zero-order valence-electron chi connectivity index (χ0n) is 14.1. The third-order valence-corrected chi connectivity index (χ3v) is 5.01. The van der Waals surface area contributed by atoms with Gasteiger partial charge in [0.1, 0.15) is 5.75 Å². The Kier molecular flexibility index (Phi) is 5.83. The van der Waals surface area contributed by atoms with Crippen LogP contribution in [0.3, 0.4) is 0 Å². The summed E-state index contributed by atoms with van der Waals surface area (Å²) in [4.78, 5) is 37.3. The van der Waals surface area contributed by atoms with Gasteiger partial charge < -0.3 is 10.5 Å². The number of hydrogen-bond acceptors (Lipinski definition) is 5. The zero-order valence-corrected chi connectivity index (χ0v) is 15.6. The Labute approximate surface area is 164 Å². The molecule has 3 rings (SSSR count). The van der Waals surface area contributed by atoms with E-state index in [1.165, 1.54) is 0 Å². The first-order valence-corrected chi connectivity index (χ1v) is 9.14. The van der Waals surface area contributed by atoms with Gasteiger partial charge in [-0.3, -0.25) is 19.3 Å². The van der Waals surface area contributed by atoms with Gasteiger partial charge in [0.25, 0.3) is 17.1 Å². The van der Waals surface area contributed by atoms with Gasteiger partial charge in [0.15, 0.2) is 6.61 Å². The number of carbonyl (C=O) groups excluding carboxylic acids is 3. The van der Waals surface area contributed by atoms with Crippen molar-refractivity contribution in [3.63, 3.8) is 0 Å². The molecule has 0 saturated carbocycles. The molecule has 1 saturated heterocycles. The number of imide groups is 1. The SMILES string of the molecule is NC(=O)COc1ccccc1/C=C1\SC(=O)N(Cc2ccccc2Cl)C1=O. The predicted octanol–water partition coefficient (Wildman–Crippen LogP) is 3.44. The van der Waals surface area contributed by atoms with E-state index in [1.54, 1.807) is 54.6 Å². The third kappa shape index (κ3) is 4.50. The van der Waals surface area contributed by atoms with Crippen LogP contribution >= 0.6 is 23.4 Å². The van der Waals surface area contributed by atoms with Crippen LogP contribution in [0.1, 0.15) is 11.1 Å². The van der Waals surface area contributed by atoms with E-state index in [2.05, 4.69) is 0 Å². The average Bonchev–Trinajstić information content (AvgIpc) is 2.90. The average molecular weight is 403 g/mol. The molecule has 8 heteroatoms. The molecule has 3 amide bonds. The van der Waals surface area contributed by atoms with Gasteiger partial charge in [-0.25, -0.2) is 0 Å². The number of para-hydroxylation sites is 1. The van der Waals surface area contributed by atoms with Crippen molar-refractivity contribution >= 4 is 46.5 Å². The van der Waals surface area contributed by atoms with Crippen LogP contribution in [0, 0.1) is 0 Å². The lowest BCUT2D eigenvalue weighted by Gasteiger charge is -2.13. The second kappa shape index (κ2) is 8.28. The van der Waals surface area contributed by atoms with Crippen molar-refractivity contribution in [2.45, 2.75) is 6.54 Å². The van der Waals surface area contributed by atoms with Gasteiger partial charge in [-0.15, -0.1) is 0 Å². The van der Waals surface area contributed by atoms with E-state index in [1.807, 2.05) is 0 Å². The number of hydrogen-bond donors (Lipinski definition) is 1. The largest absolute Gasteiger partial charge is 0.483 e. The minimum Gasteiger partial charge on any atom is -0.483 e. The number of thioether (sulfide) groups is 1. The highest BCUT2D eigenvalue weighted by molar-refractivity contribution is 8.18. The van der Waals surface area contributed by atoms with Crippen LogP contribution in [-0.4, -0.2) is 28.6 Å². The Bertz CT molecular complexity index is 945. The van der Waals surface area contributed by atoms with Gasteiger partial charge in [-0.05, 0) is 35.5 Å². The minimum absolute atomic E-state index is 0.0987. The molecular formula is C19H15ClN2O4S. The van der Waals surface area contributed by atoms with Crippen molar-refractivity contribution in [3.8, 4) is 5.75 Å². The zero-order chi connectivity index (χ0) is 19.4. The second-order valence-electron chi connectivity index (χ2n) is 5.65. The summed E-state index contributed by atoms with van der Waals surface area (Å²) in [5.41, 5.74) is 6.36. The van der Waals surface area contributed by atoms with Crippen LogP contribution in [0.25, 0.3) is 6.08 Å². The van der Waals surface area contributed by atoms with E-state index >= 15 is 0 Å². The fourth-order valence-electron chi connectivity index (χ4n) is 2.45. The first-order chi connectivity index (χ1) is 13.0. The molecule has 0 atom stereocenters. The standard InChI is InChI=1S/C19H15ClN2O4S/c20-14-7-3-1-6-13(14)10-22-18(24)16(27-19(22)25)9-12-5-2-4-8-15(12)26-11-17(21)23/h1-9H,10-11H2,(H2,21,23)/b16-9-. The van der Waals surface area contributed by atoms with Crippen molar-refractivity contribution in [1.29, 1.82) is 0 Å². The van der Waals surface area contributed by atoms with Crippen LogP contribution in [0.4, 0.5) is 4.79 Å². The van der Waals surface area contributed by atoms with Gasteiger partial charge in [-0.2, -0.15) is 0 Å². The van der Waals surface area contributed by atoms with Gasteiger partial charge in [0.05, 0.1) is 11.4 Å². The summed E-state index contributed by atoms with van der Waals surface area (Å²) in [7, 11) is 0. The Morgan fingerprint density at radius 3 is 2.59 bits per heavy atom. The molecule has 6 nitrogen and oxygen atoms in total. The quantitative estimate of drug-likeness (QED) is 0.747. The van der Waals surface area contributed by atoms with Gasteiger partial charge in [-0.1, -0.05) is 48.0 Å². The van der Waals surface area contributed by atoms with E-state index in [4.69, 9.17) is 22.1 Å². The van der Waals surface area contributed by atoms with E-state index in [-0.39, 0.29) is 23.3 Å². The Morgan fingerprint density at radius 1 is 1.15 bits per heavy atom. The molecule has 2 N–H and O–H groups in total. The summed E-state index contributed by atoms with van der Waals surface area (Å²) >= 11 is 6.96. The van der Waals surface area contributed by atoms with Crippen LogP contribution in [0.5, 0.6) is 5.75 Å². The molecule has 27 heavy (non-hydrogen) atoms. The summed E-state index contributed by atoms with van der Waals surface area (Å²) in [5, 5.41) is 0.118. The molecule has 2 aromatic rings. The maximum absolute atomic E-state index is 12.7. The molecule has 138 valence electrons. The van der Waals surface area contributed by atoms with E-state index in [0.717, 1.165) is 16.7 Å². The maximum atomic E-state index is 12.7. The molecule has 0 bridgehead atoms. The van der Waals surface area contributed by atoms with Crippen molar-refractivity contribution in [3.05, 3.63) is 69.6 Å². The van der Waals surface area contributed by atoms with Gasteiger partial charge >= 0.3 is 0 Å².